The maximum absolute atomic E-state index is 11.8. The third kappa shape index (κ3) is 3.41. The average molecular weight is 294 g/mol. The van der Waals surface area contributed by atoms with Gasteiger partial charge in [-0.15, -0.1) is 0 Å². The van der Waals surface area contributed by atoms with Crippen molar-refractivity contribution in [1.82, 2.24) is 15.5 Å². The van der Waals surface area contributed by atoms with Crippen molar-refractivity contribution in [2.75, 3.05) is 6.54 Å². The number of hydrogen-bond donors (Lipinski definition) is 2. The molecule has 0 fully saturated rings. The van der Waals surface area contributed by atoms with Crippen LogP contribution in [-0.2, 0) is 6.42 Å². The van der Waals surface area contributed by atoms with Crippen LogP contribution in [0.4, 0.5) is 5.00 Å². The number of nitrogens with one attached hydrogen (secondary N) is 2. The molecule has 1 amide bonds. The fourth-order valence-corrected chi connectivity index (χ4v) is 2.48. The number of nitro groups is 1. The Morgan fingerprint density at radius 2 is 2.35 bits per heavy atom. The van der Waals surface area contributed by atoms with E-state index < -0.39 is 4.92 Å². The summed E-state index contributed by atoms with van der Waals surface area (Å²) in [5.74, 6) is -0.271. The van der Waals surface area contributed by atoms with Crippen molar-refractivity contribution < 1.29 is 9.72 Å². The molecule has 20 heavy (non-hydrogen) atoms. The molecule has 2 N–H and O–H groups in total. The Bertz CT molecular complexity index is 620. The van der Waals surface area contributed by atoms with Gasteiger partial charge in [-0.05, 0) is 31.4 Å². The van der Waals surface area contributed by atoms with Gasteiger partial charge in [0, 0.05) is 18.3 Å². The van der Waals surface area contributed by atoms with Crippen LogP contribution in [0.1, 0.15) is 27.3 Å². The lowest BCUT2D eigenvalue weighted by Crippen LogP contribution is -2.23. The van der Waals surface area contributed by atoms with E-state index in [-0.39, 0.29) is 10.9 Å². The standard InChI is InChI=1S/C12H14N4O3S/c1-8-9(7-14-15-8)3-2-6-13-12(17)10-4-5-11(20-10)16(18)19/h4-5,7H,2-3,6H2,1H3,(H,13,17)(H,14,15). The molecular weight excluding hydrogens is 280 g/mol. The van der Waals surface area contributed by atoms with Gasteiger partial charge in [0.05, 0.1) is 16.0 Å². The highest BCUT2D eigenvalue weighted by atomic mass is 32.1. The summed E-state index contributed by atoms with van der Waals surface area (Å²) in [6.07, 6.45) is 3.40. The van der Waals surface area contributed by atoms with Crippen LogP contribution in [0.25, 0.3) is 0 Å². The van der Waals surface area contributed by atoms with Gasteiger partial charge in [-0.1, -0.05) is 11.3 Å². The molecule has 0 radical (unpaired) electrons. The quantitative estimate of drug-likeness (QED) is 0.483. The van der Waals surface area contributed by atoms with E-state index in [0.29, 0.717) is 11.4 Å². The van der Waals surface area contributed by atoms with Crippen LogP contribution in [0.2, 0.25) is 0 Å². The molecule has 2 heterocycles. The topological polar surface area (TPSA) is 101 Å². The molecule has 2 rings (SSSR count). The van der Waals surface area contributed by atoms with E-state index in [4.69, 9.17) is 0 Å². The monoisotopic (exact) mass is 294 g/mol. The Morgan fingerprint density at radius 1 is 1.55 bits per heavy atom. The normalized spacial score (nSPS) is 10.4. The van der Waals surface area contributed by atoms with Gasteiger partial charge in [0.1, 0.15) is 0 Å². The molecule has 0 bridgehead atoms. The zero-order valence-electron chi connectivity index (χ0n) is 10.9. The Hall–Kier alpha value is -2.22. The van der Waals surface area contributed by atoms with Crippen LogP contribution in [-0.4, -0.2) is 27.6 Å². The molecule has 7 nitrogen and oxygen atoms in total. The van der Waals surface area contributed by atoms with Crippen LogP contribution in [0, 0.1) is 17.0 Å². The summed E-state index contributed by atoms with van der Waals surface area (Å²) in [6, 6.07) is 2.81. The van der Waals surface area contributed by atoms with Gasteiger partial charge in [0.2, 0.25) is 0 Å². The first-order valence-electron chi connectivity index (χ1n) is 6.09. The average Bonchev–Trinajstić information content (AvgIpc) is 3.03. The van der Waals surface area contributed by atoms with Gasteiger partial charge < -0.3 is 5.32 Å². The van der Waals surface area contributed by atoms with Crippen LogP contribution in [0.3, 0.4) is 0 Å². The molecule has 0 atom stereocenters. The summed E-state index contributed by atoms with van der Waals surface area (Å²) < 4.78 is 0. The number of hydrogen-bond acceptors (Lipinski definition) is 5. The van der Waals surface area contributed by atoms with Gasteiger partial charge in [0.25, 0.3) is 5.91 Å². The summed E-state index contributed by atoms with van der Waals surface area (Å²) in [5, 5.41) is 20.0. The summed E-state index contributed by atoms with van der Waals surface area (Å²) in [4.78, 5) is 22.2. The van der Waals surface area contributed by atoms with Crippen molar-refractivity contribution in [2.24, 2.45) is 0 Å². The van der Waals surface area contributed by atoms with Crippen molar-refractivity contribution in [3.8, 4) is 0 Å². The fourth-order valence-electron chi connectivity index (χ4n) is 1.74. The van der Waals surface area contributed by atoms with E-state index >= 15 is 0 Å². The van der Waals surface area contributed by atoms with Gasteiger partial charge in [-0.25, -0.2) is 0 Å². The summed E-state index contributed by atoms with van der Waals surface area (Å²) >= 11 is 0.881. The van der Waals surface area contributed by atoms with E-state index in [1.165, 1.54) is 12.1 Å². The number of thiophene rings is 1. The highest BCUT2D eigenvalue weighted by Gasteiger charge is 2.14. The third-order valence-electron chi connectivity index (χ3n) is 2.84. The maximum Gasteiger partial charge on any atom is 0.324 e. The smallest absolute Gasteiger partial charge is 0.324 e. The molecule has 0 unspecified atom stereocenters. The first kappa shape index (κ1) is 14.2. The van der Waals surface area contributed by atoms with Crippen LogP contribution in [0.5, 0.6) is 0 Å². The first-order valence-corrected chi connectivity index (χ1v) is 6.91. The van der Waals surface area contributed by atoms with Crippen molar-refractivity contribution in [2.45, 2.75) is 19.8 Å². The summed E-state index contributed by atoms with van der Waals surface area (Å²) in [7, 11) is 0. The van der Waals surface area contributed by atoms with Gasteiger partial charge in [-0.2, -0.15) is 5.10 Å². The van der Waals surface area contributed by atoms with Crippen molar-refractivity contribution in [1.29, 1.82) is 0 Å². The lowest BCUT2D eigenvalue weighted by molar-refractivity contribution is -0.380. The SMILES string of the molecule is Cc1[nH]ncc1CCCNC(=O)c1ccc([N+](=O)[O-])s1. The molecule has 2 aromatic heterocycles. The maximum atomic E-state index is 11.8. The number of carbonyl (C=O) groups excluding carboxylic acids is 1. The number of nitrogens with zero attached hydrogens (tertiary/aromatic N) is 2. The second kappa shape index (κ2) is 6.29. The van der Waals surface area contributed by atoms with Crippen LogP contribution >= 0.6 is 11.3 Å². The van der Waals surface area contributed by atoms with Gasteiger partial charge in [-0.3, -0.25) is 20.0 Å². The Labute approximate surface area is 119 Å². The summed E-state index contributed by atoms with van der Waals surface area (Å²) in [5.41, 5.74) is 2.16. The lowest BCUT2D eigenvalue weighted by Gasteiger charge is -2.02. The fraction of sp³-hybridized carbons (Fsp3) is 0.333. The van der Waals surface area contributed by atoms with Crippen molar-refractivity contribution in [3.63, 3.8) is 0 Å². The molecular formula is C12H14N4O3S. The van der Waals surface area contributed by atoms with E-state index in [2.05, 4.69) is 15.5 Å². The summed E-state index contributed by atoms with van der Waals surface area (Å²) in [6.45, 7) is 2.47. The Balaban J connectivity index is 1.77. The molecule has 0 aliphatic rings. The van der Waals surface area contributed by atoms with Crippen LogP contribution in [0.15, 0.2) is 18.3 Å². The molecule has 0 spiro atoms. The molecule has 106 valence electrons. The van der Waals surface area contributed by atoms with E-state index in [9.17, 15) is 14.9 Å². The van der Waals surface area contributed by atoms with E-state index in [1.807, 2.05) is 6.92 Å². The van der Waals surface area contributed by atoms with Crippen molar-refractivity contribution in [3.05, 3.63) is 44.6 Å². The Kier molecular flexibility index (Phi) is 4.46. The minimum Gasteiger partial charge on any atom is -0.351 e. The zero-order valence-corrected chi connectivity index (χ0v) is 11.7. The zero-order chi connectivity index (χ0) is 14.5. The number of amides is 1. The third-order valence-corrected chi connectivity index (χ3v) is 3.87. The molecule has 0 saturated heterocycles. The Morgan fingerprint density at radius 3 is 2.95 bits per heavy atom. The van der Waals surface area contributed by atoms with Gasteiger partial charge in [0.15, 0.2) is 0 Å². The van der Waals surface area contributed by atoms with Crippen molar-refractivity contribution >= 4 is 22.2 Å². The number of aryl methyl sites for hydroxylation is 2. The molecule has 0 aliphatic heterocycles. The minimum absolute atomic E-state index is 0.0239. The number of aromatic amines is 1. The van der Waals surface area contributed by atoms with E-state index in [0.717, 1.165) is 35.4 Å². The number of carbonyl (C=O) groups is 1. The predicted octanol–water partition coefficient (Wildman–Crippen LogP) is 2.05. The molecule has 0 aliphatic carbocycles. The second-order valence-electron chi connectivity index (χ2n) is 4.27. The molecule has 0 aromatic carbocycles. The molecule has 8 heteroatoms. The first-order chi connectivity index (χ1) is 9.58. The number of rotatable bonds is 6. The highest BCUT2D eigenvalue weighted by Crippen LogP contribution is 2.23. The number of H-pyrrole nitrogens is 1. The van der Waals surface area contributed by atoms with Gasteiger partial charge >= 0.3 is 5.00 Å². The minimum atomic E-state index is -0.497. The number of aromatic nitrogens is 2. The molecule has 0 saturated carbocycles. The largest absolute Gasteiger partial charge is 0.351 e. The molecule has 2 aromatic rings. The van der Waals surface area contributed by atoms with E-state index in [1.54, 1.807) is 6.20 Å². The predicted molar refractivity (Wildman–Crippen MR) is 75.0 cm³/mol. The highest BCUT2D eigenvalue weighted by molar-refractivity contribution is 7.17. The van der Waals surface area contributed by atoms with Crippen LogP contribution < -0.4 is 5.32 Å². The lowest BCUT2D eigenvalue weighted by atomic mass is 10.1. The second-order valence-corrected chi connectivity index (χ2v) is 5.34.